The van der Waals surface area contributed by atoms with E-state index in [2.05, 4.69) is 38.3 Å². The summed E-state index contributed by atoms with van der Waals surface area (Å²) in [5.74, 6) is -0.00226. The van der Waals surface area contributed by atoms with Gasteiger partial charge in [-0.05, 0) is 41.0 Å². The molecule has 0 radical (unpaired) electrons. The van der Waals surface area contributed by atoms with Gasteiger partial charge in [-0.3, -0.25) is 4.79 Å². The molecule has 2 unspecified atom stereocenters. The van der Waals surface area contributed by atoms with E-state index in [0.29, 0.717) is 13.2 Å². The van der Waals surface area contributed by atoms with Crippen molar-refractivity contribution in [3.05, 3.63) is 0 Å². The molecule has 5 nitrogen and oxygen atoms in total. The minimum atomic E-state index is -0.259. The van der Waals surface area contributed by atoms with Crippen LogP contribution in [0.1, 0.15) is 41.0 Å². The molecule has 0 spiro atoms. The van der Waals surface area contributed by atoms with E-state index < -0.39 is 0 Å². The third-order valence-electron chi connectivity index (χ3n) is 3.52. The molecule has 1 amide bonds. The molecule has 0 aromatic heterocycles. The summed E-state index contributed by atoms with van der Waals surface area (Å²) < 4.78 is 10.9. The first-order valence-electron chi connectivity index (χ1n) is 6.91. The van der Waals surface area contributed by atoms with Gasteiger partial charge in [0.05, 0.1) is 23.9 Å². The van der Waals surface area contributed by atoms with Crippen molar-refractivity contribution >= 4 is 5.91 Å². The number of carbonyl (C=O) groups is 1. The fraction of sp³-hybridized carbons (Fsp3) is 0.929. The Labute approximate surface area is 116 Å². The van der Waals surface area contributed by atoms with Gasteiger partial charge in [0.2, 0.25) is 5.91 Å². The lowest BCUT2D eigenvalue weighted by molar-refractivity contribution is -0.123. The van der Waals surface area contributed by atoms with E-state index in [0.717, 1.165) is 6.42 Å². The Bertz CT molecular complexity index is 316. The average molecular weight is 272 g/mol. The summed E-state index contributed by atoms with van der Waals surface area (Å²) in [6.45, 7) is 11.2. The lowest BCUT2D eigenvalue weighted by atomic mass is 9.94. The minimum absolute atomic E-state index is 0.00226. The minimum Gasteiger partial charge on any atom is -0.383 e. The van der Waals surface area contributed by atoms with E-state index in [9.17, 15) is 4.79 Å². The highest BCUT2D eigenvalue weighted by Crippen LogP contribution is 2.37. The van der Waals surface area contributed by atoms with Crippen LogP contribution in [0.3, 0.4) is 0 Å². The fourth-order valence-electron chi connectivity index (χ4n) is 2.63. The van der Waals surface area contributed by atoms with Crippen LogP contribution in [-0.4, -0.2) is 49.5 Å². The fourth-order valence-corrected chi connectivity index (χ4v) is 2.63. The van der Waals surface area contributed by atoms with Gasteiger partial charge in [-0.15, -0.1) is 0 Å². The topological polar surface area (TPSA) is 59.6 Å². The van der Waals surface area contributed by atoms with E-state index in [4.69, 9.17) is 9.47 Å². The summed E-state index contributed by atoms with van der Waals surface area (Å²) in [5, 5.41) is 6.21. The van der Waals surface area contributed by atoms with Gasteiger partial charge >= 0.3 is 0 Å². The van der Waals surface area contributed by atoms with Crippen molar-refractivity contribution in [2.75, 3.05) is 20.3 Å². The predicted molar refractivity (Wildman–Crippen MR) is 75.1 cm³/mol. The lowest BCUT2D eigenvalue weighted by Crippen LogP contribution is -2.52. The van der Waals surface area contributed by atoms with Crippen LogP contribution in [0.4, 0.5) is 0 Å². The van der Waals surface area contributed by atoms with Crippen LogP contribution < -0.4 is 10.6 Å². The zero-order valence-corrected chi connectivity index (χ0v) is 13.0. The Hall–Kier alpha value is -0.650. The molecule has 0 saturated carbocycles. The van der Waals surface area contributed by atoms with Crippen LogP contribution in [0.25, 0.3) is 0 Å². The zero-order chi connectivity index (χ0) is 14.7. The number of carbonyl (C=O) groups excluding carboxylic acids is 1. The molecule has 0 aliphatic carbocycles. The van der Waals surface area contributed by atoms with Gasteiger partial charge in [0.25, 0.3) is 0 Å². The first-order valence-corrected chi connectivity index (χ1v) is 6.91. The highest BCUT2D eigenvalue weighted by atomic mass is 16.5. The normalized spacial score (nSPS) is 26.1. The van der Waals surface area contributed by atoms with Crippen molar-refractivity contribution in [2.45, 2.75) is 64.3 Å². The molecule has 5 heteroatoms. The number of methoxy groups -OCH3 is 1. The molecule has 2 atom stereocenters. The Morgan fingerprint density at radius 2 is 2.05 bits per heavy atom. The number of ether oxygens (including phenoxy) is 2. The largest absolute Gasteiger partial charge is 0.383 e. The number of nitrogens with one attached hydrogen (secondary N) is 2. The standard InChI is InChI=1S/C14H28N2O3/c1-10(12(17)15-7-8-18-6)16-11-9-13(2,3)19-14(11,4)5/h10-11,16H,7-9H2,1-6H3,(H,15,17). The Kier molecular flexibility index (Phi) is 5.35. The van der Waals surface area contributed by atoms with Crippen molar-refractivity contribution in [2.24, 2.45) is 0 Å². The van der Waals surface area contributed by atoms with Crippen LogP contribution >= 0.6 is 0 Å². The van der Waals surface area contributed by atoms with E-state index in [1.54, 1.807) is 7.11 Å². The number of amides is 1. The highest BCUT2D eigenvalue weighted by Gasteiger charge is 2.46. The summed E-state index contributed by atoms with van der Waals surface area (Å²) in [6, 6.07) is -0.0655. The van der Waals surface area contributed by atoms with Gasteiger partial charge in [-0.2, -0.15) is 0 Å². The Morgan fingerprint density at radius 3 is 2.53 bits per heavy atom. The molecule has 1 saturated heterocycles. The maximum Gasteiger partial charge on any atom is 0.236 e. The summed E-state index contributed by atoms with van der Waals surface area (Å²) in [5.41, 5.74) is -0.405. The molecule has 1 heterocycles. The van der Waals surface area contributed by atoms with Gasteiger partial charge < -0.3 is 20.1 Å². The maximum absolute atomic E-state index is 11.9. The van der Waals surface area contributed by atoms with E-state index in [-0.39, 0.29) is 29.2 Å². The zero-order valence-electron chi connectivity index (χ0n) is 13.0. The monoisotopic (exact) mass is 272 g/mol. The van der Waals surface area contributed by atoms with Gasteiger partial charge in [0, 0.05) is 19.7 Å². The molecule has 2 N–H and O–H groups in total. The molecule has 1 rings (SSSR count). The van der Waals surface area contributed by atoms with Crippen molar-refractivity contribution in [1.82, 2.24) is 10.6 Å². The number of hydrogen-bond donors (Lipinski definition) is 2. The third-order valence-corrected chi connectivity index (χ3v) is 3.52. The van der Waals surface area contributed by atoms with Gasteiger partial charge in [0.15, 0.2) is 0 Å². The Morgan fingerprint density at radius 1 is 1.42 bits per heavy atom. The second-order valence-electron chi connectivity index (χ2n) is 6.39. The molecule has 0 aromatic carbocycles. The molecule has 1 aliphatic rings. The second kappa shape index (κ2) is 6.20. The molecule has 1 aliphatic heterocycles. The van der Waals surface area contributed by atoms with Gasteiger partial charge in [-0.25, -0.2) is 0 Å². The van der Waals surface area contributed by atoms with E-state index >= 15 is 0 Å². The van der Waals surface area contributed by atoms with Gasteiger partial charge in [0.1, 0.15) is 0 Å². The van der Waals surface area contributed by atoms with Crippen LogP contribution in [0.2, 0.25) is 0 Å². The van der Waals surface area contributed by atoms with Crippen LogP contribution in [0.5, 0.6) is 0 Å². The smallest absolute Gasteiger partial charge is 0.236 e. The summed E-state index contributed by atoms with van der Waals surface area (Å²) in [7, 11) is 1.62. The average Bonchev–Trinajstić information content (AvgIpc) is 2.46. The highest BCUT2D eigenvalue weighted by molar-refractivity contribution is 5.81. The SMILES string of the molecule is COCCNC(=O)C(C)NC1CC(C)(C)OC1(C)C. The first-order chi connectivity index (χ1) is 8.68. The Balaban J connectivity index is 2.48. The lowest BCUT2D eigenvalue weighted by Gasteiger charge is -2.29. The van der Waals surface area contributed by atoms with Crippen LogP contribution in [0, 0.1) is 0 Å². The second-order valence-corrected chi connectivity index (χ2v) is 6.39. The molecule has 1 fully saturated rings. The molecular formula is C14H28N2O3. The predicted octanol–water partition coefficient (Wildman–Crippen LogP) is 1.07. The summed E-state index contributed by atoms with van der Waals surface area (Å²) >= 11 is 0. The summed E-state index contributed by atoms with van der Waals surface area (Å²) in [6.07, 6.45) is 0.899. The molecule has 0 aromatic rings. The first kappa shape index (κ1) is 16.4. The molecule has 112 valence electrons. The molecule has 0 bridgehead atoms. The van der Waals surface area contributed by atoms with Crippen molar-refractivity contribution < 1.29 is 14.3 Å². The molecule has 19 heavy (non-hydrogen) atoms. The number of hydrogen-bond acceptors (Lipinski definition) is 4. The van der Waals surface area contributed by atoms with E-state index in [1.165, 1.54) is 0 Å². The van der Waals surface area contributed by atoms with Crippen molar-refractivity contribution in [1.29, 1.82) is 0 Å². The quantitative estimate of drug-likeness (QED) is 0.710. The van der Waals surface area contributed by atoms with E-state index in [1.807, 2.05) is 6.92 Å². The molecular weight excluding hydrogens is 244 g/mol. The summed E-state index contributed by atoms with van der Waals surface area (Å²) in [4.78, 5) is 11.9. The van der Waals surface area contributed by atoms with Crippen molar-refractivity contribution in [3.8, 4) is 0 Å². The number of rotatable bonds is 6. The van der Waals surface area contributed by atoms with Crippen LogP contribution in [-0.2, 0) is 14.3 Å². The van der Waals surface area contributed by atoms with Gasteiger partial charge in [-0.1, -0.05) is 0 Å². The van der Waals surface area contributed by atoms with Crippen molar-refractivity contribution in [3.63, 3.8) is 0 Å². The maximum atomic E-state index is 11.9. The van der Waals surface area contributed by atoms with Crippen LogP contribution in [0.15, 0.2) is 0 Å². The third kappa shape index (κ3) is 4.75.